The molecule has 1 amide bonds. The van der Waals surface area contributed by atoms with E-state index in [-0.39, 0.29) is 5.69 Å². The van der Waals surface area contributed by atoms with Crippen LogP contribution < -0.4 is 9.62 Å². The third-order valence-electron chi connectivity index (χ3n) is 5.23. The Morgan fingerprint density at radius 3 is 2.40 bits per heavy atom. The molecule has 2 aromatic rings. The van der Waals surface area contributed by atoms with E-state index in [0.29, 0.717) is 6.54 Å². The first-order chi connectivity index (χ1) is 14.2. The normalized spacial score (nSPS) is 15.7. The van der Waals surface area contributed by atoms with E-state index in [9.17, 15) is 17.6 Å². The van der Waals surface area contributed by atoms with Crippen LogP contribution in [0.4, 0.5) is 10.1 Å². The molecule has 0 spiro atoms. The average molecular weight is 434 g/mol. The second kappa shape index (κ2) is 9.57. The molecule has 1 fully saturated rings. The summed E-state index contributed by atoms with van der Waals surface area (Å²) in [6.07, 6.45) is 3.50. The minimum Gasteiger partial charge on any atom is -0.350 e. The molecule has 1 aliphatic rings. The number of sulfonamides is 1. The number of nitrogens with zero attached hydrogens (tertiary/aromatic N) is 2. The lowest BCUT2D eigenvalue weighted by atomic mass is 10.1. The molecule has 1 heterocycles. The minimum atomic E-state index is -3.73. The summed E-state index contributed by atoms with van der Waals surface area (Å²) in [6, 6.07) is 12.1. The zero-order chi connectivity index (χ0) is 21.7. The lowest BCUT2D eigenvalue weighted by molar-refractivity contribution is -0.122. The largest absolute Gasteiger partial charge is 0.350 e. The molecule has 1 N–H and O–H groups in total. The van der Waals surface area contributed by atoms with E-state index in [4.69, 9.17) is 0 Å². The molecule has 6 nitrogen and oxygen atoms in total. The maximum atomic E-state index is 13.2. The molecule has 1 aliphatic heterocycles. The molecule has 3 rings (SSSR count). The van der Waals surface area contributed by atoms with Crippen LogP contribution in [0.25, 0.3) is 0 Å². The van der Waals surface area contributed by atoms with Crippen molar-refractivity contribution in [2.24, 2.45) is 0 Å². The maximum absolute atomic E-state index is 13.2. The van der Waals surface area contributed by atoms with E-state index in [2.05, 4.69) is 22.3 Å². The topological polar surface area (TPSA) is 69.7 Å². The van der Waals surface area contributed by atoms with Gasteiger partial charge in [-0.05, 0) is 68.2 Å². The molecule has 2 aromatic carbocycles. The van der Waals surface area contributed by atoms with Gasteiger partial charge in [0.25, 0.3) is 0 Å². The Bertz CT molecular complexity index is 973. The van der Waals surface area contributed by atoms with Gasteiger partial charge in [-0.15, -0.1) is 0 Å². The smallest absolute Gasteiger partial charge is 0.243 e. The van der Waals surface area contributed by atoms with E-state index < -0.39 is 27.8 Å². The molecule has 0 unspecified atom stereocenters. The van der Waals surface area contributed by atoms with Crippen molar-refractivity contribution in [2.75, 3.05) is 23.7 Å². The van der Waals surface area contributed by atoms with Gasteiger partial charge in [0.15, 0.2) is 0 Å². The van der Waals surface area contributed by atoms with Crippen LogP contribution in [0.1, 0.15) is 30.9 Å². The first kappa shape index (κ1) is 22.2. The Morgan fingerprint density at radius 1 is 1.13 bits per heavy atom. The summed E-state index contributed by atoms with van der Waals surface area (Å²) in [6.45, 7) is 4.94. The van der Waals surface area contributed by atoms with Gasteiger partial charge in [0.2, 0.25) is 15.9 Å². The number of anilines is 1. The molecule has 0 saturated carbocycles. The first-order valence-corrected chi connectivity index (χ1v) is 11.9. The van der Waals surface area contributed by atoms with Crippen LogP contribution in [0.5, 0.6) is 0 Å². The molecule has 0 aliphatic carbocycles. The third kappa shape index (κ3) is 5.79. The third-order valence-corrected chi connectivity index (χ3v) is 6.47. The molecule has 1 saturated heterocycles. The number of amides is 1. The van der Waals surface area contributed by atoms with Crippen LogP contribution in [0, 0.1) is 5.82 Å². The van der Waals surface area contributed by atoms with E-state index in [0.717, 1.165) is 35.8 Å². The van der Waals surface area contributed by atoms with Gasteiger partial charge < -0.3 is 5.32 Å². The number of rotatable bonds is 8. The SMILES string of the molecule is C[C@@H](C(=O)NCc1cccc(CN2CCCC2)c1)N(c1ccc(F)cc1)S(C)(=O)=O. The van der Waals surface area contributed by atoms with Crippen molar-refractivity contribution >= 4 is 21.6 Å². The van der Waals surface area contributed by atoms with E-state index in [1.54, 1.807) is 0 Å². The van der Waals surface area contributed by atoms with E-state index in [1.807, 2.05) is 12.1 Å². The molecular formula is C22H28FN3O3S. The molecule has 1 atom stereocenters. The Kier molecular flexibility index (Phi) is 7.10. The quantitative estimate of drug-likeness (QED) is 0.695. The Morgan fingerprint density at radius 2 is 1.77 bits per heavy atom. The van der Waals surface area contributed by atoms with Gasteiger partial charge in [0.1, 0.15) is 11.9 Å². The van der Waals surface area contributed by atoms with Crippen LogP contribution >= 0.6 is 0 Å². The predicted molar refractivity (Wildman–Crippen MR) is 116 cm³/mol. The highest BCUT2D eigenvalue weighted by Crippen LogP contribution is 2.21. The molecule has 0 bridgehead atoms. The number of hydrogen-bond donors (Lipinski definition) is 1. The second-order valence-electron chi connectivity index (χ2n) is 7.73. The standard InChI is InChI=1S/C22H28FN3O3S/c1-17(26(30(2,28)29)21-10-8-20(23)9-11-21)22(27)24-15-18-6-5-7-19(14-18)16-25-12-3-4-13-25/h5-11,14,17H,3-4,12-13,15-16H2,1-2H3,(H,24,27)/t17-/m0/s1. The fourth-order valence-corrected chi connectivity index (χ4v) is 4.95. The van der Waals surface area contributed by atoms with Crippen molar-refractivity contribution in [3.63, 3.8) is 0 Å². The predicted octanol–water partition coefficient (Wildman–Crippen LogP) is 2.89. The van der Waals surface area contributed by atoms with Crippen molar-refractivity contribution < 1.29 is 17.6 Å². The van der Waals surface area contributed by atoms with Crippen molar-refractivity contribution in [1.82, 2.24) is 10.2 Å². The van der Waals surface area contributed by atoms with Gasteiger partial charge in [-0.2, -0.15) is 0 Å². The van der Waals surface area contributed by atoms with Crippen LogP contribution in [-0.4, -0.2) is 44.6 Å². The number of hydrogen-bond acceptors (Lipinski definition) is 4. The summed E-state index contributed by atoms with van der Waals surface area (Å²) in [5.41, 5.74) is 2.40. The van der Waals surface area contributed by atoms with Crippen molar-refractivity contribution in [3.8, 4) is 0 Å². The Labute approximate surface area is 177 Å². The van der Waals surface area contributed by atoms with Gasteiger partial charge >= 0.3 is 0 Å². The van der Waals surface area contributed by atoms with Crippen LogP contribution in [-0.2, 0) is 27.9 Å². The van der Waals surface area contributed by atoms with Gasteiger partial charge in [0, 0.05) is 13.1 Å². The van der Waals surface area contributed by atoms with E-state index in [1.165, 1.54) is 49.6 Å². The molecular weight excluding hydrogens is 405 g/mol. The highest BCUT2D eigenvalue weighted by atomic mass is 32.2. The first-order valence-electron chi connectivity index (χ1n) is 10.1. The number of benzene rings is 2. The number of carbonyl (C=O) groups is 1. The number of nitrogens with one attached hydrogen (secondary N) is 1. The summed E-state index contributed by atoms with van der Waals surface area (Å²) >= 11 is 0. The molecule has 0 radical (unpaired) electrons. The summed E-state index contributed by atoms with van der Waals surface area (Å²) in [4.78, 5) is 15.1. The molecule has 162 valence electrons. The molecule has 0 aromatic heterocycles. The second-order valence-corrected chi connectivity index (χ2v) is 9.59. The number of likely N-dealkylation sites (tertiary alicyclic amines) is 1. The zero-order valence-electron chi connectivity index (χ0n) is 17.3. The Balaban J connectivity index is 1.66. The summed E-state index contributed by atoms with van der Waals surface area (Å²) < 4.78 is 38.8. The lowest BCUT2D eigenvalue weighted by Crippen LogP contribution is -2.47. The van der Waals surface area contributed by atoms with Gasteiger partial charge in [-0.25, -0.2) is 12.8 Å². The minimum absolute atomic E-state index is 0.245. The van der Waals surface area contributed by atoms with Crippen LogP contribution in [0.2, 0.25) is 0 Å². The van der Waals surface area contributed by atoms with Crippen molar-refractivity contribution in [3.05, 3.63) is 65.5 Å². The average Bonchev–Trinajstić information content (AvgIpc) is 3.20. The fourth-order valence-electron chi connectivity index (χ4n) is 3.77. The van der Waals surface area contributed by atoms with E-state index >= 15 is 0 Å². The monoisotopic (exact) mass is 433 g/mol. The van der Waals surface area contributed by atoms with Crippen LogP contribution in [0.15, 0.2) is 48.5 Å². The summed E-state index contributed by atoms with van der Waals surface area (Å²) in [5.74, 6) is -0.896. The fraction of sp³-hybridized carbons (Fsp3) is 0.409. The highest BCUT2D eigenvalue weighted by Gasteiger charge is 2.29. The number of halogens is 1. The molecule has 30 heavy (non-hydrogen) atoms. The number of carbonyl (C=O) groups excluding carboxylic acids is 1. The van der Waals surface area contributed by atoms with Gasteiger partial charge in [0.05, 0.1) is 11.9 Å². The highest BCUT2D eigenvalue weighted by molar-refractivity contribution is 7.92. The Hall–Kier alpha value is -2.45. The van der Waals surface area contributed by atoms with Gasteiger partial charge in [-0.1, -0.05) is 24.3 Å². The van der Waals surface area contributed by atoms with Crippen molar-refractivity contribution in [1.29, 1.82) is 0 Å². The summed E-state index contributed by atoms with van der Waals surface area (Å²) in [7, 11) is -3.73. The van der Waals surface area contributed by atoms with Crippen LogP contribution in [0.3, 0.4) is 0 Å². The zero-order valence-corrected chi connectivity index (χ0v) is 18.2. The molecule has 8 heteroatoms. The summed E-state index contributed by atoms with van der Waals surface area (Å²) in [5, 5.41) is 2.82. The van der Waals surface area contributed by atoms with Gasteiger partial charge in [-0.3, -0.25) is 14.0 Å². The lowest BCUT2D eigenvalue weighted by Gasteiger charge is -2.28. The maximum Gasteiger partial charge on any atom is 0.243 e. The van der Waals surface area contributed by atoms with Crippen molar-refractivity contribution in [2.45, 2.75) is 38.9 Å².